The van der Waals surface area contributed by atoms with Crippen LogP contribution in [0.5, 0.6) is 11.5 Å². The van der Waals surface area contributed by atoms with Crippen LogP contribution in [0.4, 0.5) is 5.69 Å². The molecule has 36 heavy (non-hydrogen) atoms. The fourth-order valence-electron chi connectivity index (χ4n) is 3.71. The van der Waals surface area contributed by atoms with Crippen LogP contribution in [0.15, 0.2) is 48.5 Å². The Morgan fingerprint density at radius 3 is 2.17 bits per heavy atom. The number of hydrogen-bond donors (Lipinski definition) is 1. The number of ether oxygens (including phenoxy) is 2. The summed E-state index contributed by atoms with van der Waals surface area (Å²) in [6.07, 6.45) is 1.49. The van der Waals surface area contributed by atoms with Crippen LogP contribution in [0, 0.1) is 0 Å². The van der Waals surface area contributed by atoms with E-state index in [4.69, 9.17) is 9.47 Å². The van der Waals surface area contributed by atoms with E-state index in [0.29, 0.717) is 17.2 Å². The first kappa shape index (κ1) is 29.0. The van der Waals surface area contributed by atoms with Gasteiger partial charge in [0.15, 0.2) is 0 Å². The Morgan fingerprint density at radius 2 is 1.61 bits per heavy atom. The van der Waals surface area contributed by atoms with E-state index in [1.165, 1.54) is 16.3 Å². The lowest BCUT2D eigenvalue weighted by Gasteiger charge is -2.30. The zero-order valence-electron chi connectivity index (χ0n) is 21.9. The second-order valence-corrected chi connectivity index (χ2v) is 10.8. The van der Waals surface area contributed by atoms with Gasteiger partial charge in [-0.25, -0.2) is 8.42 Å². The Morgan fingerprint density at radius 1 is 0.972 bits per heavy atom. The van der Waals surface area contributed by atoms with Crippen molar-refractivity contribution < 1.29 is 27.5 Å². The lowest BCUT2D eigenvalue weighted by Crippen LogP contribution is -2.49. The average molecular weight is 520 g/mol. The average Bonchev–Trinajstić information content (AvgIpc) is 2.83. The molecule has 198 valence electrons. The highest BCUT2D eigenvalue weighted by Crippen LogP contribution is 2.22. The van der Waals surface area contributed by atoms with E-state index in [1.54, 1.807) is 38.3 Å². The quantitative estimate of drug-likeness (QED) is 0.436. The maximum atomic E-state index is 13.3. The van der Waals surface area contributed by atoms with Gasteiger partial charge in [0.05, 0.1) is 26.2 Å². The second kappa shape index (κ2) is 13.2. The molecule has 2 aromatic rings. The first-order valence-corrected chi connectivity index (χ1v) is 13.7. The third-order valence-electron chi connectivity index (χ3n) is 5.60. The maximum Gasteiger partial charge on any atom is 0.242 e. The Bertz CT molecular complexity index is 1120. The molecule has 0 aliphatic carbocycles. The van der Waals surface area contributed by atoms with Gasteiger partial charge in [-0.2, -0.15) is 0 Å². The smallest absolute Gasteiger partial charge is 0.242 e. The summed E-state index contributed by atoms with van der Waals surface area (Å²) in [6, 6.07) is 13.2. The van der Waals surface area contributed by atoms with Crippen LogP contribution in [0.1, 0.15) is 39.2 Å². The Hall–Kier alpha value is -3.27. The van der Waals surface area contributed by atoms with Gasteiger partial charge in [-0.1, -0.05) is 12.1 Å². The highest BCUT2D eigenvalue weighted by atomic mass is 32.2. The molecule has 2 rings (SSSR count). The molecule has 1 atom stereocenters. The van der Waals surface area contributed by atoms with Gasteiger partial charge < -0.3 is 19.7 Å². The summed E-state index contributed by atoms with van der Waals surface area (Å²) < 4.78 is 36.6. The lowest BCUT2D eigenvalue weighted by molar-refractivity contribution is -0.140. The normalized spacial score (nSPS) is 12.1. The zero-order chi connectivity index (χ0) is 26.9. The third-order valence-corrected chi connectivity index (χ3v) is 6.79. The van der Waals surface area contributed by atoms with Gasteiger partial charge in [0.2, 0.25) is 21.8 Å². The molecule has 9 nitrogen and oxygen atoms in total. The number of hydrogen-bond acceptors (Lipinski definition) is 6. The molecule has 0 fully saturated rings. The van der Waals surface area contributed by atoms with Crippen molar-refractivity contribution in [2.24, 2.45) is 0 Å². The van der Waals surface area contributed by atoms with Crippen molar-refractivity contribution in [2.45, 2.75) is 52.2 Å². The molecule has 0 saturated carbocycles. The van der Waals surface area contributed by atoms with Crippen molar-refractivity contribution in [3.8, 4) is 11.5 Å². The first-order valence-electron chi connectivity index (χ1n) is 11.8. The van der Waals surface area contributed by atoms with Crippen LogP contribution in [0.3, 0.4) is 0 Å². The fourth-order valence-corrected chi connectivity index (χ4v) is 4.67. The molecule has 1 N–H and O–H groups in total. The summed E-state index contributed by atoms with van der Waals surface area (Å²) in [7, 11) is -0.463. The van der Waals surface area contributed by atoms with Crippen LogP contribution >= 0.6 is 0 Å². The van der Waals surface area contributed by atoms with Gasteiger partial charge in [0.25, 0.3) is 0 Å². The molecule has 0 spiro atoms. The molecule has 0 unspecified atom stereocenters. The third kappa shape index (κ3) is 8.44. The molecule has 2 aromatic carbocycles. The monoisotopic (exact) mass is 519 g/mol. The Labute approximate surface area is 214 Å². The van der Waals surface area contributed by atoms with E-state index >= 15 is 0 Å². The van der Waals surface area contributed by atoms with Crippen molar-refractivity contribution in [1.29, 1.82) is 0 Å². The zero-order valence-corrected chi connectivity index (χ0v) is 22.7. The number of nitrogens with one attached hydrogen (secondary N) is 1. The van der Waals surface area contributed by atoms with E-state index in [0.717, 1.165) is 11.8 Å². The van der Waals surface area contributed by atoms with E-state index in [2.05, 4.69) is 5.32 Å². The van der Waals surface area contributed by atoms with Gasteiger partial charge in [0, 0.05) is 25.6 Å². The van der Waals surface area contributed by atoms with Crippen molar-refractivity contribution in [2.75, 3.05) is 31.3 Å². The topological polar surface area (TPSA) is 105 Å². The number of anilines is 1. The molecular weight excluding hydrogens is 482 g/mol. The van der Waals surface area contributed by atoms with Crippen LogP contribution < -0.4 is 19.1 Å². The SMILES string of the molecule is COc1ccc(N(CCCC(=O)N(Cc2cccc(OC)c2)[C@@H](C)C(=O)NC(C)C)S(C)(=O)=O)cc1. The summed E-state index contributed by atoms with van der Waals surface area (Å²) in [4.78, 5) is 27.6. The van der Waals surface area contributed by atoms with Crippen LogP contribution in [0.2, 0.25) is 0 Å². The van der Waals surface area contributed by atoms with E-state index in [1.807, 2.05) is 38.1 Å². The highest BCUT2D eigenvalue weighted by Gasteiger charge is 2.27. The molecule has 0 bridgehead atoms. The van der Waals surface area contributed by atoms with Crippen molar-refractivity contribution in [3.05, 3.63) is 54.1 Å². The maximum absolute atomic E-state index is 13.3. The molecule has 0 saturated heterocycles. The molecule has 0 radical (unpaired) electrons. The fraction of sp³-hybridized carbons (Fsp3) is 0.462. The molecule has 0 aliphatic heterocycles. The van der Waals surface area contributed by atoms with Gasteiger partial charge in [-0.15, -0.1) is 0 Å². The number of carbonyl (C=O) groups is 2. The summed E-state index contributed by atoms with van der Waals surface area (Å²) in [5.41, 5.74) is 1.31. The summed E-state index contributed by atoms with van der Waals surface area (Å²) in [6.45, 7) is 5.75. The van der Waals surface area contributed by atoms with Gasteiger partial charge >= 0.3 is 0 Å². The number of amides is 2. The highest BCUT2D eigenvalue weighted by molar-refractivity contribution is 7.92. The van der Waals surface area contributed by atoms with E-state index in [-0.39, 0.29) is 43.8 Å². The number of sulfonamides is 1. The molecule has 10 heteroatoms. The second-order valence-electron chi connectivity index (χ2n) is 8.85. The van der Waals surface area contributed by atoms with Crippen LogP contribution in [0.25, 0.3) is 0 Å². The standard InChI is InChI=1S/C26H37N3O6S/c1-19(2)27-26(31)20(3)28(18-21-9-7-10-24(17-21)35-5)25(30)11-8-16-29(36(6,32)33)22-12-14-23(34-4)15-13-22/h7,9-10,12-15,17,19-20H,8,11,16,18H2,1-6H3,(H,27,31)/t20-/m0/s1. The van der Waals surface area contributed by atoms with Crippen LogP contribution in [-0.4, -0.2) is 64.2 Å². The predicted molar refractivity (Wildman–Crippen MR) is 141 cm³/mol. The number of carbonyl (C=O) groups excluding carboxylic acids is 2. The molecule has 0 aliphatic rings. The minimum atomic E-state index is -3.57. The number of benzene rings is 2. The molecule has 0 heterocycles. The van der Waals surface area contributed by atoms with Crippen molar-refractivity contribution in [3.63, 3.8) is 0 Å². The number of nitrogens with zero attached hydrogens (tertiary/aromatic N) is 2. The Kier molecular flexibility index (Phi) is 10.6. The van der Waals surface area contributed by atoms with Gasteiger partial charge in [-0.3, -0.25) is 13.9 Å². The van der Waals surface area contributed by atoms with E-state index < -0.39 is 16.1 Å². The van der Waals surface area contributed by atoms with Gasteiger partial charge in [-0.05, 0) is 69.2 Å². The minimum absolute atomic E-state index is 0.0680. The molecular formula is C26H37N3O6S. The Balaban J connectivity index is 2.18. The number of methoxy groups -OCH3 is 2. The number of rotatable bonds is 13. The minimum Gasteiger partial charge on any atom is -0.497 e. The summed E-state index contributed by atoms with van der Waals surface area (Å²) in [5.74, 6) is 0.774. The predicted octanol–water partition coefficient (Wildman–Crippen LogP) is 3.19. The molecule has 2 amide bonds. The lowest BCUT2D eigenvalue weighted by atomic mass is 10.1. The summed E-state index contributed by atoms with van der Waals surface area (Å²) in [5, 5.41) is 2.86. The summed E-state index contributed by atoms with van der Waals surface area (Å²) >= 11 is 0. The first-order chi connectivity index (χ1) is 17.0. The van der Waals surface area contributed by atoms with E-state index in [9.17, 15) is 18.0 Å². The van der Waals surface area contributed by atoms with Gasteiger partial charge in [0.1, 0.15) is 17.5 Å². The van der Waals surface area contributed by atoms with Crippen molar-refractivity contribution >= 4 is 27.5 Å². The largest absolute Gasteiger partial charge is 0.497 e. The molecule has 0 aromatic heterocycles. The van der Waals surface area contributed by atoms with Crippen LogP contribution in [-0.2, 0) is 26.2 Å². The van der Waals surface area contributed by atoms with Crippen molar-refractivity contribution in [1.82, 2.24) is 10.2 Å².